The molecule has 0 aliphatic heterocycles. The van der Waals surface area contributed by atoms with Crippen LogP contribution in [0.15, 0.2) is 78.0 Å². The molecular formula is C17H14N2O3S. The molecule has 5 nitrogen and oxygen atoms in total. The third kappa shape index (κ3) is 3.23. The van der Waals surface area contributed by atoms with E-state index in [1.165, 1.54) is 12.1 Å². The largest absolute Gasteiger partial charge is 0.323 e. The van der Waals surface area contributed by atoms with Gasteiger partial charge in [-0.2, -0.15) is 0 Å². The summed E-state index contributed by atoms with van der Waals surface area (Å²) in [5.74, 6) is -0.0643. The molecule has 0 aliphatic rings. The number of ketones is 1. The summed E-state index contributed by atoms with van der Waals surface area (Å²) >= 11 is 0. The summed E-state index contributed by atoms with van der Waals surface area (Å²) < 4.78 is 24.3. The van der Waals surface area contributed by atoms with Gasteiger partial charge < -0.3 is 4.57 Å². The predicted octanol–water partition coefficient (Wildman–Crippen LogP) is 2.36. The van der Waals surface area contributed by atoms with Crippen LogP contribution in [0.5, 0.6) is 0 Å². The molecule has 0 atom stereocenters. The topological polar surface area (TPSA) is 82.2 Å². The van der Waals surface area contributed by atoms with E-state index in [4.69, 9.17) is 5.14 Å². The van der Waals surface area contributed by atoms with E-state index in [1.54, 1.807) is 47.3 Å². The predicted molar refractivity (Wildman–Crippen MR) is 87.0 cm³/mol. The Kier molecular flexibility index (Phi) is 3.85. The van der Waals surface area contributed by atoms with Crippen molar-refractivity contribution in [1.29, 1.82) is 0 Å². The minimum absolute atomic E-state index is 0.0500. The summed E-state index contributed by atoms with van der Waals surface area (Å²) in [6, 6.07) is 16.9. The van der Waals surface area contributed by atoms with Crippen LogP contribution in [0.1, 0.15) is 15.9 Å². The Labute approximate surface area is 134 Å². The molecular weight excluding hydrogens is 312 g/mol. The van der Waals surface area contributed by atoms with E-state index in [-0.39, 0.29) is 10.7 Å². The number of carbonyl (C=O) groups excluding carboxylic acids is 1. The maximum absolute atomic E-state index is 12.4. The fourth-order valence-corrected chi connectivity index (χ4v) is 2.77. The van der Waals surface area contributed by atoms with Crippen molar-refractivity contribution in [2.24, 2.45) is 5.14 Å². The second kappa shape index (κ2) is 5.83. The lowest BCUT2D eigenvalue weighted by atomic mass is 10.1. The number of primary sulfonamides is 1. The molecule has 0 saturated heterocycles. The zero-order valence-corrected chi connectivity index (χ0v) is 12.9. The number of hydrogen-bond acceptors (Lipinski definition) is 3. The highest BCUT2D eigenvalue weighted by Crippen LogP contribution is 2.16. The van der Waals surface area contributed by atoms with Crippen LogP contribution in [-0.4, -0.2) is 18.8 Å². The average molecular weight is 326 g/mol. The number of nitrogens with two attached hydrogens (primary N) is 1. The fraction of sp³-hybridized carbons (Fsp3) is 0. The minimum atomic E-state index is -3.71. The van der Waals surface area contributed by atoms with Gasteiger partial charge in [0.25, 0.3) is 0 Å². The Bertz CT molecular complexity index is 943. The van der Waals surface area contributed by atoms with E-state index in [2.05, 4.69) is 0 Å². The number of hydrogen-bond donors (Lipinski definition) is 1. The Morgan fingerprint density at radius 3 is 2.13 bits per heavy atom. The van der Waals surface area contributed by atoms with Crippen molar-refractivity contribution in [3.05, 3.63) is 84.2 Å². The van der Waals surface area contributed by atoms with Gasteiger partial charge in [0.2, 0.25) is 10.0 Å². The first kappa shape index (κ1) is 15.2. The quantitative estimate of drug-likeness (QED) is 0.747. The molecule has 1 aromatic heterocycles. The van der Waals surface area contributed by atoms with Crippen LogP contribution in [0, 0.1) is 0 Å². The normalized spacial score (nSPS) is 11.3. The molecule has 23 heavy (non-hydrogen) atoms. The monoisotopic (exact) mass is 326 g/mol. The minimum Gasteiger partial charge on any atom is -0.323 e. The van der Waals surface area contributed by atoms with E-state index < -0.39 is 10.0 Å². The maximum Gasteiger partial charge on any atom is 0.238 e. The fourth-order valence-electron chi connectivity index (χ4n) is 2.26. The smallest absolute Gasteiger partial charge is 0.238 e. The molecule has 3 aromatic rings. The van der Waals surface area contributed by atoms with Crippen molar-refractivity contribution in [3.63, 3.8) is 0 Å². The van der Waals surface area contributed by atoms with E-state index >= 15 is 0 Å². The van der Waals surface area contributed by atoms with Gasteiger partial charge in [0.05, 0.1) is 4.90 Å². The highest BCUT2D eigenvalue weighted by atomic mass is 32.2. The molecule has 1 heterocycles. The van der Waals surface area contributed by atoms with Gasteiger partial charge in [0.1, 0.15) is 0 Å². The number of carbonyl (C=O) groups is 1. The molecule has 0 spiro atoms. The summed E-state index contributed by atoms with van der Waals surface area (Å²) in [5.41, 5.74) is 1.92. The first-order valence-corrected chi connectivity index (χ1v) is 8.41. The molecule has 0 amide bonds. The van der Waals surface area contributed by atoms with Crippen molar-refractivity contribution in [1.82, 2.24) is 4.57 Å². The van der Waals surface area contributed by atoms with E-state index in [0.717, 1.165) is 5.69 Å². The van der Waals surface area contributed by atoms with Gasteiger partial charge >= 0.3 is 0 Å². The second-order valence-corrected chi connectivity index (χ2v) is 6.60. The molecule has 2 aromatic carbocycles. The Hall–Kier alpha value is -2.70. The molecule has 116 valence electrons. The van der Waals surface area contributed by atoms with Crippen LogP contribution < -0.4 is 5.14 Å². The SMILES string of the molecule is NS(=O)(=O)c1ccc(-n2ccc(C(=O)c3ccccc3)c2)cc1. The van der Waals surface area contributed by atoms with Crippen LogP contribution in [0.3, 0.4) is 0 Å². The van der Waals surface area contributed by atoms with Gasteiger partial charge in [-0.3, -0.25) is 4.79 Å². The first-order chi connectivity index (χ1) is 10.9. The summed E-state index contributed by atoms with van der Waals surface area (Å²) in [5, 5.41) is 5.07. The van der Waals surface area contributed by atoms with Crippen molar-refractivity contribution in [2.75, 3.05) is 0 Å². The zero-order valence-electron chi connectivity index (χ0n) is 12.1. The second-order valence-electron chi connectivity index (χ2n) is 5.04. The van der Waals surface area contributed by atoms with Crippen molar-refractivity contribution < 1.29 is 13.2 Å². The number of benzene rings is 2. The van der Waals surface area contributed by atoms with Crippen molar-refractivity contribution in [2.45, 2.75) is 4.90 Å². The Morgan fingerprint density at radius 2 is 1.52 bits per heavy atom. The van der Waals surface area contributed by atoms with Gasteiger partial charge in [-0.15, -0.1) is 0 Å². The van der Waals surface area contributed by atoms with E-state index in [0.29, 0.717) is 11.1 Å². The van der Waals surface area contributed by atoms with Gasteiger partial charge in [0, 0.05) is 29.2 Å². The Morgan fingerprint density at radius 1 is 0.870 bits per heavy atom. The third-order valence-corrected chi connectivity index (χ3v) is 4.38. The lowest BCUT2D eigenvalue weighted by Gasteiger charge is -2.04. The molecule has 2 N–H and O–H groups in total. The highest BCUT2D eigenvalue weighted by Gasteiger charge is 2.11. The molecule has 0 radical (unpaired) electrons. The van der Waals surface area contributed by atoms with Gasteiger partial charge in [-0.1, -0.05) is 30.3 Å². The molecule has 3 rings (SSSR count). The van der Waals surface area contributed by atoms with Crippen LogP contribution in [0.4, 0.5) is 0 Å². The van der Waals surface area contributed by atoms with Crippen molar-refractivity contribution in [3.8, 4) is 5.69 Å². The van der Waals surface area contributed by atoms with E-state index in [1.807, 2.05) is 18.2 Å². The van der Waals surface area contributed by atoms with Crippen LogP contribution in [0.25, 0.3) is 5.69 Å². The lowest BCUT2D eigenvalue weighted by molar-refractivity contribution is 0.103. The first-order valence-electron chi connectivity index (χ1n) is 6.86. The standard InChI is InChI=1S/C17H14N2O3S/c18-23(21,22)16-8-6-15(7-9-16)19-11-10-14(12-19)17(20)13-4-2-1-3-5-13/h1-12H,(H2,18,21,22). The number of aromatic nitrogens is 1. The molecule has 0 bridgehead atoms. The lowest BCUT2D eigenvalue weighted by Crippen LogP contribution is -2.11. The number of sulfonamides is 1. The van der Waals surface area contributed by atoms with Crippen LogP contribution >= 0.6 is 0 Å². The van der Waals surface area contributed by atoms with Gasteiger partial charge in [-0.25, -0.2) is 13.6 Å². The number of rotatable bonds is 4. The third-order valence-electron chi connectivity index (χ3n) is 3.45. The van der Waals surface area contributed by atoms with Crippen LogP contribution in [-0.2, 0) is 10.0 Å². The summed E-state index contributed by atoms with van der Waals surface area (Å²) in [6.07, 6.45) is 3.46. The average Bonchev–Trinajstić information content (AvgIpc) is 3.04. The summed E-state index contributed by atoms with van der Waals surface area (Å²) in [4.78, 5) is 12.4. The highest BCUT2D eigenvalue weighted by molar-refractivity contribution is 7.89. The van der Waals surface area contributed by atoms with Gasteiger partial charge in [0.15, 0.2) is 5.78 Å². The summed E-state index contributed by atoms with van der Waals surface area (Å²) in [6.45, 7) is 0. The van der Waals surface area contributed by atoms with Gasteiger partial charge in [-0.05, 0) is 30.3 Å². The van der Waals surface area contributed by atoms with Crippen molar-refractivity contribution >= 4 is 15.8 Å². The molecule has 0 aliphatic carbocycles. The molecule has 0 fully saturated rings. The molecule has 6 heteroatoms. The molecule has 0 saturated carbocycles. The summed E-state index contributed by atoms with van der Waals surface area (Å²) in [7, 11) is -3.71. The van der Waals surface area contributed by atoms with E-state index in [9.17, 15) is 13.2 Å². The Balaban J connectivity index is 1.89. The maximum atomic E-state index is 12.4. The molecule has 0 unspecified atom stereocenters. The zero-order chi connectivity index (χ0) is 16.4. The number of nitrogens with zero attached hydrogens (tertiary/aromatic N) is 1. The van der Waals surface area contributed by atoms with Crippen LogP contribution in [0.2, 0.25) is 0 Å².